The second kappa shape index (κ2) is 4.73. The van der Waals surface area contributed by atoms with Gasteiger partial charge in [0.05, 0.1) is 6.54 Å². The van der Waals surface area contributed by atoms with Crippen molar-refractivity contribution in [2.45, 2.75) is 19.6 Å². The van der Waals surface area contributed by atoms with Crippen LogP contribution in [0.3, 0.4) is 0 Å². The highest BCUT2D eigenvalue weighted by Crippen LogP contribution is 2.26. The van der Waals surface area contributed by atoms with Gasteiger partial charge in [0.2, 0.25) is 0 Å². The molecule has 0 aliphatic carbocycles. The lowest BCUT2D eigenvalue weighted by atomic mass is 10.2. The molecule has 19 heavy (non-hydrogen) atoms. The predicted octanol–water partition coefficient (Wildman–Crippen LogP) is 2.89. The smallest absolute Gasteiger partial charge is 0.398 e. The largest absolute Gasteiger partial charge is 0.453 e. The molecule has 0 fully saturated rings. The quantitative estimate of drug-likeness (QED) is 0.865. The molecule has 0 aliphatic heterocycles. The summed E-state index contributed by atoms with van der Waals surface area (Å²) in [7, 11) is 0. The molecule has 4 nitrogen and oxygen atoms in total. The second-order valence-electron chi connectivity index (χ2n) is 3.98. The fourth-order valence-corrected chi connectivity index (χ4v) is 1.74. The number of anilines is 1. The van der Waals surface area contributed by atoms with Crippen LogP contribution < -0.4 is 5.73 Å². The van der Waals surface area contributed by atoms with E-state index in [1.54, 1.807) is 12.1 Å². The van der Waals surface area contributed by atoms with Crippen molar-refractivity contribution < 1.29 is 13.2 Å². The lowest BCUT2D eigenvalue weighted by Gasteiger charge is -2.07. The molecule has 0 unspecified atom stereocenters. The summed E-state index contributed by atoms with van der Waals surface area (Å²) >= 11 is 5.75. The molecule has 0 atom stereocenters. The third-order valence-electron chi connectivity index (χ3n) is 2.54. The van der Waals surface area contributed by atoms with Crippen molar-refractivity contribution in [3.05, 3.63) is 40.4 Å². The van der Waals surface area contributed by atoms with Gasteiger partial charge in [-0.2, -0.15) is 13.2 Å². The molecule has 0 amide bonds. The molecule has 8 heteroatoms. The number of nitrogens with two attached hydrogens (primary N) is 1. The summed E-state index contributed by atoms with van der Waals surface area (Å²) in [5, 5.41) is 3.90. The van der Waals surface area contributed by atoms with Crippen molar-refractivity contribution in [3.63, 3.8) is 0 Å². The minimum Gasteiger partial charge on any atom is -0.398 e. The topological polar surface area (TPSA) is 56.7 Å². The van der Waals surface area contributed by atoms with Gasteiger partial charge in [0, 0.05) is 10.7 Å². The molecule has 0 aliphatic rings. The highest BCUT2D eigenvalue weighted by molar-refractivity contribution is 6.30. The molecule has 0 radical (unpaired) electrons. The highest BCUT2D eigenvalue weighted by atomic mass is 35.5. The van der Waals surface area contributed by atoms with Crippen LogP contribution in [0.2, 0.25) is 5.02 Å². The summed E-state index contributed by atoms with van der Waals surface area (Å²) in [6, 6.07) is 4.80. The number of alkyl halides is 3. The summed E-state index contributed by atoms with van der Waals surface area (Å²) in [4.78, 5) is 3.39. The van der Waals surface area contributed by atoms with Crippen LogP contribution in [-0.4, -0.2) is 14.8 Å². The lowest BCUT2D eigenvalue weighted by molar-refractivity contribution is -0.145. The number of nitrogen functional groups attached to an aromatic ring is 1. The molecule has 0 spiro atoms. The van der Waals surface area contributed by atoms with Gasteiger partial charge in [0.1, 0.15) is 5.82 Å². The maximum Gasteiger partial charge on any atom is 0.453 e. The first-order valence-electron chi connectivity index (χ1n) is 5.30. The zero-order chi connectivity index (χ0) is 14.2. The number of hydrogen-bond acceptors (Lipinski definition) is 3. The van der Waals surface area contributed by atoms with Gasteiger partial charge >= 0.3 is 6.18 Å². The summed E-state index contributed by atoms with van der Waals surface area (Å²) in [5.74, 6) is -0.987. The highest BCUT2D eigenvalue weighted by Gasteiger charge is 2.36. The number of rotatable bonds is 2. The molecule has 0 saturated carbocycles. The van der Waals surface area contributed by atoms with E-state index in [9.17, 15) is 13.2 Å². The van der Waals surface area contributed by atoms with Gasteiger partial charge in [-0.3, -0.25) is 0 Å². The van der Waals surface area contributed by atoms with Gasteiger partial charge in [-0.15, -0.1) is 5.10 Å². The Morgan fingerprint density at radius 2 is 2.05 bits per heavy atom. The van der Waals surface area contributed by atoms with Crippen LogP contribution in [0.5, 0.6) is 0 Å². The van der Waals surface area contributed by atoms with Crippen LogP contribution >= 0.6 is 11.6 Å². The number of nitrogens with zero attached hydrogens (tertiary/aromatic N) is 3. The van der Waals surface area contributed by atoms with Crippen LogP contribution in [0, 0.1) is 6.92 Å². The molecule has 102 valence electrons. The van der Waals surface area contributed by atoms with Crippen LogP contribution in [0.25, 0.3) is 0 Å². The van der Waals surface area contributed by atoms with Crippen LogP contribution in [0.4, 0.5) is 18.9 Å². The second-order valence-corrected chi connectivity index (χ2v) is 4.42. The summed E-state index contributed by atoms with van der Waals surface area (Å²) in [5.41, 5.74) is 6.77. The third-order valence-corrected chi connectivity index (χ3v) is 2.77. The van der Waals surface area contributed by atoms with Gasteiger partial charge in [0.15, 0.2) is 0 Å². The molecule has 1 aromatic carbocycles. The van der Waals surface area contributed by atoms with E-state index in [0.29, 0.717) is 16.3 Å². The van der Waals surface area contributed by atoms with E-state index in [1.165, 1.54) is 13.0 Å². The molecule has 0 saturated heterocycles. The molecule has 0 bridgehead atoms. The Hall–Kier alpha value is -1.76. The fraction of sp³-hybridized carbons (Fsp3) is 0.273. The zero-order valence-corrected chi connectivity index (χ0v) is 10.6. The standard InChI is InChI=1S/C11H10ClF3N4/c1-6-17-10(11(13,14)15)18-19(6)5-7-2-3-8(12)4-9(7)16/h2-4H,5,16H2,1H3. The normalized spacial score (nSPS) is 11.8. The molecule has 2 N–H and O–H groups in total. The number of aryl methyl sites for hydroxylation is 1. The SMILES string of the molecule is Cc1nc(C(F)(F)F)nn1Cc1ccc(Cl)cc1N. The minimum absolute atomic E-state index is 0.109. The van der Waals surface area contributed by atoms with E-state index < -0.39 is 12.0 Å². The third kappa shape index (κ3) is 2.98. The minimum atomic E-state index is -4.55. The van der Waals surface area contributed by atoms with Crippen molar-refractivity contribution in [3.8, 4) is 0 Å². The Balaban J connectivity index is 2.31. The summed E-state index contributed by atoms with van der Waals surface area (Å²) < 4.78 is 38.6. The number of hydrogen-bond donors (Lipinski definition) is 1. The summed E-state index contributed by atoms with van der Waals surface area (Å²) in [6.07, 6.45) is -4.55. The zero-order valence-electron chi connectivity index (χ0n) is 9.87. The first kappa shape index (κ1) is 13.7. The maximum absolute atomic E-state index is 12.5. The summed E-state index contributed by atoms with van der Waals surface area (Å²) in [6.45, 7) is 1.56. The lowest BCUT2D eigenvalue weighted by Crippen LogP contribution is -2.10. The van der Waals surface area contributed by atoms with Gasteiger partial charge in [-0.05, 0) is 24.6 Å². The van der Waals surface area contributed by atoms with Crippen molar-refractivity contribution in [1.82, 2.24) is 14.8 Å². The molecule has 1 aromatic heterocycles. The monoisotopic (exact) mass is 290 g/mol. The predicted molar refractivity (Wildman–Crippen MR) is 64.7 cm³/mol. The van der Waals surface area contributed by atoms with Crippen LogP contribution in [-0.2, 0) is 12.7 Å². The van der Waals surface area contributed by atoms with Crippen molar-refractivity contribution in [2.75, 3.05) is 5.73 Å². The number of halogens is 4. The Bertz CT molecular complexity index is 606. The van der Waals surface area contributed by atoms with E-state index in [4.69, 9.17) is 17.3 Å². The van der Waals surface area contributed by atoms with E-state index in [2.05, 4.69) is 10.1 Å². The molecule has 2 aromatic rings. The maximum atomic E-state index is 12.5. The fourth-order valence-electron chi connectivity index (χ4n) is 1.56. The molecule has 2 rings (SSSR count). The Morgan fingerprint density at radius 1 is 1.37 bits per heavy atom. The van der Waals surface area contributed by atoms with Crippen molar-refractivity contribution in [2.24, 2.45) is 0 Å². The van der Waals surface area contributed by atoms with Crippen LogP contribution in [0.15, 0.2) is 18.2 Å². The number of benzene rings is 1. The van der Waals surface area contributed by atoms with Crippen LogP contribution in [0.1, 0.15) is 17.2 Å². The van der Waals surface area contributed by atoms with E-state index in [0.717, 1.165) is 4.68 Å². The van der Waals surface area contributed by atoms with Gasteiger partial charge < -0.3 is 5.73 Å². The first-order chi connectivity index (χ1) is 8.77. The number of aromatic nitrogens is 3. The Kier molecular flexibility index (Phi) is 3.40. The van der Waals surface area contributed by atoms with E-state index in [-0.39, 0.29) is 12.4 Å². The van der Waals surface area contributed by atoms with Gasteiger partial charge in [-0.25, -0.2) is 9.67 Å². The molecular formula is C11H10ClF3N4. The molecule has 1 heterocycles. The average Bonchev–Trinajstić information content (AvgIpc) is 2.64. The first-order valence-corrected chi connectivity index (χ1v) is 5.67. The average molecular weight is 291 g/mol. The molecular weight excluding hydrogens is 281 g/mol. The van der Waals surface area contributed by atoms with Gasteiger partial charge in [-0.1, -0.05) is 17.7 Å². The Labute approximate surface area is 112 Å². The Morgan fingerprint density at radius 3 is 2.58 bits per heavy atom. The van der Waals surface area contributed by atoms with Crippen molar-refractivity contribution >= 4 is 17.3 Å². The van der Waals surface area contributed by atoms with E-state index >= 15 is 0 Å². The van der Waals surface area contributed by atoms with Gasteiger partial charge in [0.25, 0.3) is 5.82 Å². The van der Waals surface area contributed by atoms with Crippen molar-refractivity contribution in [1.29, 1.82) is 0 Å². The van der Waals surface area contributed by atoms with E-state index in [1.807, 2.05) is 0 Å².